The molecular weight excluding hydrogens is 759 g/mol. The number of aliphatic hydroxyl groups excluding tert-OH is 5. The quantitative estimate of drug-likeness (QED) is 0.0916. The van der Waals surface area contributed by atoms with Crippen molar-refractivity contribution in [2.45, 2.75) is 101 Å². The second-order valence-electron chi connectivity index (χ2n) is 14.1. The van der Waals surface area contributed by atoms with Crippen molar-refractivity contribution in [1.82, 2.24) is 9.88 Å². The van der Waals surface area contributed by atoms with E-state index >= 15 is 0 Å². The molecular formula is C39H50Cl2N2O10S. The number of para-hydroxylation sites is 1. The lowest BCUT2D eigenvalue weighted by Crippen LogP contribution is -2.53. The number of aliphatic hydroxyl groups is 5. The number of halogens is 2. The van der Waals surface area contributed by atoms with Gasteiger partial charge in [0.25, 0.3) is 5.91 Å². The third kappa shape index (κ3) is 10.9. The van der Waals surface area contributed by atoms with Gasteiger partial charge in [-0.3, -0.25) is 9.78 Å². The maximum Gasteiger partial charge on any atom is 0.254 e. The maximum absolute atomic E-state index is 13.1. The van der Waals surface area contributed by atoms with Crippen LogP contribution < -0.4 is 4.74 Å². The molecule has 2 saturated carbocycles. The van der Waals surface area contributed by atoms with Gasteiger partial charge < -0.3 is 39.9 Å². The van der Waals surface area contributed by atoms with E-state index in [0.717, 1.165) is 64.1 Å². The van der Waals surface area contributed by atoms with Crippen LogP contribution >= 0.6 is 23.2 Å². The lowest BCUT2D eigenvalue weighted by atomic mass is 9.96. The number of carbonyl (C=O) groups excluding carboxylic acids is 1. The van der Waals surface area contributed by atoms with Crippen LogP contribution in [0.2, 0.25) is 10.0 Å². The van der Waals surface area contributed by atoms with E-state index in [-0.39, 0.29) is 37.3 Å². The molecule has 2 fully saturated rings. The lowest BCUT2D eigenvalue weighted by Gasteiger charge is -2.30. The predicted octanol–water partition coefficient (Wildman–Crippen LogP) is 4.21. The number of sulfone groups is 1. The second-order valence-corrected chi connectivity index (χ2v) is 17.4. The van der Waals surface area contributed by atoms with Gasteiger partial charge in [0.05, 0.1) is 30.7 Å². The van der Waals surface area contributed by atoms with Crippen LogP contribution in [0.1, 0.15) is 68.6 Å². The van der Waals surface area contributed by atoms with Gasteiger partial charge in [0.15, 0.2) is 15.9 Å². The number of pyridine rings is 1. The maximum atomic E-state index is 13.1. The van der Waals surface area contributed by atoms with E-state index in [1.54, 1.807) is 6.20 Å². The molecule has 4 atom stereocenters. The minimum absolute atomic E-state index is 0.0742. The van der Waals surface area contributed by atoms with Gasteiger partial charge in [-0.15, -0.1) is 0 Å². The molecule has 5 rings (SSSR count). The molecule has 296 valence electrons. The number of nitrogens with zero attached hydrogens (tertiary/aromatic N) is 2. The smallest absolute Gasteiger partial charge is 0.254 e. The molecule has 2 aliphatic carbocycles. The molecule has 5 N–H and O–H groups in total. The number of aromatic nitrogens is 1. The van der Waals surface area contributed by atoms with E-state index in [9.17, 15) is 33.6 Å². The largest absolute Gasteiger partial charge is 0.490 e. The summed E-state index contributed by atoms with van der Waals surface area (Å²) < 4.78 is 37.1. The van der Waals surface area contributed by atoms with Crippen LogP contribution in [0.3, 0.4) is 0 Å². The molecule has 2 aliphatic rings. The summed E-state index contributed by atoms with van der Waals surface area (Å²) in [6, 6.07) is 13.7. The molecule has 1 heterocycles. The Labute approximate surface area is 326 Å². The van der Waals surface area contributed by atoms with Crippen molar-refractivity contribution in [2.75, 3.05) is 31.2 Å². The zero-order valence-electron chi connectivity index (χ0n) is 30.3. The number of hydrogen-bond acceptors (Lipinski definition) is 11. The lowest BCUT2D eigenvalue weighted by molar-refractivity contribution is -0.158. The minimum atomic E-state index is -3.46. The SMILES string of the molecule is CCS(=O)(=O)CCN(CCCCCc1cc(Cl)c(COC2(c3cnccc3-c3ccccc3OC3CC3)CC2)cc1Cl)C(=O)C(O)C(O)C(O)C(O)CO. The first-order chi connectivity index (χ1) is 25.8. The van der Waals surface area contributed by atoms with Crippen LogP contribution in [0.5, 0.6) is 5.75 Å². The van der Waals surface area contributed by atoms with Gasteiger partial charge in [-0.25, -0.2) is 8.42 Å². The summed E-state index contributed by atoms with van der Waals surface area (Å²) in [5.74, 6) is -0.621. The van der Waals surface area contributed by atoms with Gasteiger partial charge in [0, 0.05) is 52.4 Å². The number of carbonyl (C=O) groups is 1. The number of benzene rings is 2. The summed E-state index contributed by atoms with van der Waals surface area (Å²) in [7, 11) is -3.46. The van der Waals surface area contributed by atoms with Crippen molar-refractivity contribution >= 4 is 38.9 Å². The Bertz CT molecular complexity index is 1840. The standard InChI is InChI=1S/C39H50Cl2N2O10S/c1-2-54(50,51)19-18-43(38(49)37(48)36(47)35(46)33(45)23-44)17-7-3-4-8-25-20-32(41)26(21-31(25)40)24-52-39(14-15-39)30-22-42-16-13-28(30)29-9-5-6-10-34(29)53-27-11-12-27/h5-6,9-10,13,16,20-22,27,33,35-37,44-48H,2-4,7-8,11-12,14-15,17-19,23-24H2,1H3. The first-order valence-corrected chi connectivity index (χ1v) is 21.0. The fourth-order valence-corrected chi connectivity index (χ4v) is 7.59. The summed E-state index contributed by atoms with van der Waals surface area (Å²) in [5.41, 5.74) is 4.14. The Morgan fingerprint density at radius 2 is 1.67 bits per heavy atom. The number of amides is 1. The van der Waals surface area contributed by atoms with Crippen molar-refractivity contribution in [3.63, 3.8) is 0 Å². The molecule has 0 aliphatic heterocycles. The highest BCUT2D eigenvalue weighted by atomic mass is 35.5. The first-order valence-electron chi connectivity index (χ1n) is 18.4. The van der Waals surface area contributed by atoms with Gasteiger partial charge in [-0.05, 0) is 85.9 Å². The second kappa shape index (κ2) is 18.9. The van der Waals surface area contributed by atoms with Crippen molar-refractivity contribution in [3.05, 3.63) is 81.6 Å². The Kier molecular flexibility index (Phi) is 14.8. The molecule has 54 heavy (non-hydrogen) atoms. The van der Waals surface area contributed by atoms with Gasteiger partial charge >= 0.3 is 0 Å². The van der Waals surface area contributed by atoms with Crippen LogP contribution in [0.25, 0.3) is 11.1 Å². The Morgan fingerprint density at radius 1 is 0.963 bits per heavy atom. The topological polar surface area (TPSA) is 187 Å². The molecule has 12 nitrogen and oxygen atoms in total. The van der Waals surface area contributed by atoms with Gasteiger partial charge in [0.2, 0.25) is 0 Å². The Morgan fingerprint density at radius 3 is 2.35 bits per heavy atom. The fraction of sp³-hybridized carbons (Fsp3) is 0.538. The van der Waals surface area contributed by atoms with Gasteiger partial charge in [-0.1, -0.05) is 54.7 Å². The molecule has 0 bridgehead atoms. The molecule has 4 unspecified atom stereocenters. The van der Waals surface area contributed by atoms with Gasteiger partial charge in [0.1, 0.15) is 24.1 Å². The van der Waals surface area contributed by atoms with Crippen LogP contribution in [-0.2, 0) is 38.0 Å². The third-order valence-electron chi connectivity index (χ3n) is 10.0. The zero-order valence-corrected chi connectivity index (χ0v) is 32.6. The van der Waals surface area contributed by atoms with E-state index < -0.39 is 52.4 Å². The molecule has 2 aromatic carbocycles. The van der Waals surface area contributed by atoms with Crippen LogP contribution in [-0.4, -0.2) is 111 Å². The first kappa shape index (κ1) is 42.3. The number of unbranched alkanes of at least 4 members (excludes halogenated alkanes) is 2. The molecule has 1 aromatic heterocycles. The number of aryl methyl sites for hydroxylation is 1. The average Bonchev–Trinajstić information content (AvgIpc) is 4.13. The van der Waals surface area contributed by atoms with Crippen LogP contribution in [0.4, 0.5) is 0 Å². The van der Waals surface area contributed by atoms with Crippen LogP contribution in [0.15, 0.2) is 54.9 Å². The van der Waals surface area contributed by atoms with E-state index in [1.807, 2.05) is 42.6 Å². The molecule has 0 spiro atoms. The van der Waals surface area contributed by atoms with Gasteiger partial charge in [-0.2, -0.15) is 0 Å². The molecule has 0 radical (unpaired) electrons. The highest BCUT2D eigenvalue weighted by Gasteiger charge is 2.48. The number of rotatable bonds is 22. The summed E-state index contributed by atoms with van der Waals surface area (Å²) in [6.07, 6.45) is 2.00. The van der Waals surface area contributed by atoms with E-state index in [0.29, 0.717) is 35.7 Å². The molecule has 1 amide bonds. The van der Waals surface area contributed by atoms with Crippen LogP contribution in [0, 0.1) is 0 Å². The fourth-order valence-electron chi connectivity index (χ4n) is 6.28. The minimum Gasteiger partial charge on any atom is -0.490 e. The predicted molar refractivity (Wildman–Crippen MR) is 205 cm³/mol. The monoisotopic (exact) mass is 808 g/mol. The summed E-state index contributed by atoms with van der Waals surface area (Å²) in [4.78, 5) is 18.6. The summed E-state index contributed by atoms with van der Waals surface area (Å²) >= 11 is 13.5. The highest BCUT2D eigenvalue weighted by molar-refractivity contribution is 7.91. The van der Waals surface area contributed by atoms with E-state index in [1.165, 1.54) is 6.92 Å². The van der Waals surface area contributed by atoms with Crippen molar-refractivity contribution < 1.29 is 48.2 Å². The van der Waals surface area contributed by atoms with Crippen molar-refractivity contribution in [3.8, 4) is 16.9 Å². The normalized spacial score (nSPS) is 17.4. The highest BCUT2D eigenvalue weighted by Crippen LogP contribution is 2.53. The average molecular weight is 810 g/mol. The summed E-state index contributed by atoms with van der Waals surface area (Å²) in [6.45, 7) is 0.682. The molecule has 3 aromatic rings. The number of hydrogen-bond donors (Lipinski definition) is 5. The van der Waals surface area contributed by atoms with Crippen molar-refractivity contribution in [1.29, 1.82) is 0 Å². The summed E-state index contributed by atoms with van der Waals surface area (Å²) in [5, 5.41) is 50.4. The Hall–Kier alpha value is -2.85. The third-order valence-corrected chi connectivity index (χ3v) is 12.4. The Balaban J connectivity index is 1.17. The zero-order chi connectivity index (χ0) is 39.0. The van der Waals surface area contributed by atoms with E-state index in [2.05, 4.69) is 11.1 Å². The molecule has 0 saturated heterocycles. The number of ether oxygens (including phenoxy) is 2. The van der Waals surface area contributed by atoms with E-state index in [4.69, 9.17) is 37.8 Å². The molecule has 15 heteroatoms. The van der Waals surface area contributed by atoms with Crippen molar-refractivity contribution in [2.24, 2.45) is 0 Å².